The summed E-state index contributed by atoms with van der Waals surface area (Å²) in [6, 6.07) is 14.3. The minimum Gasteiger partial charge on any atom is -0.339 e. The van der Waals surface area contributed by atoms with E-state index in [1.165, 1.54) is 4.31 Å². The van der Waals surface area contributed by atoms with Gasteiger partial charge in [0, 0.05) is 37.3 Å². The van der Waals surface area contributed by atoms with Crippen LogP contribution in [0.15, 0.2) is 53.4 Å². The summed E-state index contributed by atoms with van der Waals surface area (Å²) in [7, 11) is -3.77. The Morgan fingerprint density at radius 3 is 2.26 bits per heavy atom. The molecule has 6 nitrogen and oxygen atoms in total. The van der Waals surface area contributed by atoms with Crippen LogP contribution in [-0.2, 0) is 14.8 Å². The summed E-state index contributed by atoms with van der Waals surface area (Å²) in [5.41, 5.74) is 2.09. The quantitative estimate of drug-likeness (QED) is 0.811. The third-order valence-electron chi connectivity index (χ3n) is 5.37. The van der Waals surface area contributed by atoms with Gasteiger partial charge < -0.3 is 9.80 Å². The van der Waals surface area contributed by atoms with Gasteiger partial charge in [-0.25, -0.2) is 8.42 Å². The molecule has 0 atom stereocenters. The zero-order chi connectivity index (χ0) is 19.0. The second-order valence-corrected chi connectivity index (χ2v) is 8.67. The number of hydrogen-bond acceptors (Lipinski definition) is 4. The zero-order valence-corrected chi connectivity index (χ0v) is 16.2. The van der Waals surface area contributed by atoms with Crippen LogP contribution in [0, 0.1) is 0 Å². The van der Waals surface area contributed by atoms with Crippen LogP contribution in [0.2, 0.25) is 0 Å². The summed E-state index contributed by atoms with van der Waals surface area (Å²) in [5.74, 6) is -0.150. The molecule has 7 heteroatoms. The second-order valence-electron chi connectivity index (χ2n) is 6.84. The molecular formula is C20H23N3O3S. The van der Waals surface area contributed by atoms with Gasteiger partial charge in [-0.3, -0.25) is 9.10 Å². The van der Waals surface area contributed by atoms with E-state index in [2.05, 4.69) is 11.8 Å². The molecule has 0 spiro atoms. The molecule has 0 bridgehead atoms. The van der Waals surface area contributed by atoms with Crippen molar-refractivity contribution in [3.05, 3.63) is 48.5 Å². The summed E-state index contributed by atoms with van der Waals surface area (Å²) in [5, 5.41) is 0. The van der Waals surface area contributed by atoms with Gasteiger partial charge in [0.05, 0.1) is 10.6 Å². The first-order valence-corrected chi connectivity index (χ1v) is 10.7. The molecule has 1 fully saturated rings. The fraction of sp³-hybridized carbons (Fsp3) is 0.350. The Morgan fingerprint density at radius 2 is 1.56 bits per heavy atom. The average Bonchev–Trinajstić information content (AvgIpc) is 2.71. The molecule has 0 unspecified atom stereocenters. The maximum Gasteiger partial charge on any atom is 0.265 e. The average molecular weight is 385 g/mol. The van der Waals surface area contributed by atoms with Crippen LogP contribution in [0.1, 0.15) is 6.92 Å². The Balaban J connectivity index is 1.66. The van der Waals surface area contributed by atoms with Gasteiger partial charge in [0.25, 0.3) is 10.0 Å². The van der Waals surface area contributed by atoms with Crippen molar-refractivity contribution in [2.75, 3.05) is 43.6 Å². The van der Waals surface area contributed by atoms with Crippen LogP contribution in [0.4, 0.5) is 5.69 Å². The maximum absolute atomic E-state index is 13.2. The lowest BCUT2D eigenvalue weighted by atomic mass is 10.0. The van der Waals surface area contributed by atoms with E-state index in [-0.39, 0.29) is 17.3 Å². The number of fused-ring (bicyclic) bond motifs is 3. The van der Waals surface area contributed by atoms with Crippen molar-refractivity contribution in [1.82, 2.24) is 9.80 Å². The van der Waals surface area contributed by atoms with E-state index in [4.69, 9.17) is 0 Å². The molecule has 2 aromatic carbocycles. The summed E-state index contributed by atoms with van der Waals surface area (Å²) in [6.45, 7) is 5.83. The molecule has 4 rings (SSSR count). The molecule has 0 aliphatic carbocycles. The largest absolute Gasteiger partial charge is 0.339 e. The minimum absolute atomic E-state index is 0.150. The van der Waals surface area contributed by atoms with Gasteiger partial charge >= 0.3 is 0 Å². The van der Waals surface area contributed by atoms with E-state index >= 15 is 0 Å². The first kappa shape index (κ1) is 18.0. The number of rotatable bonds is 3. The Kier molecular flexibility index (Phi) is 4.65. The fourth-order valence-electron chi connectivity index (χ4n) is 3.79. The van der Waals surface area contributed by atoms with E-state index in [9.17, 15) is 13.2 Å². The van der Waals surface area contributed by atoms with E-state index in [0.717, 1.165) is 25.2 Å². The van der Waals surface area contributed by atoms with Crippen LogP contribution >= 0.6 is 0 Å². The highest BCUT2D eigenvalue weighted by atomic mass is 32.2. The standard InChI is InChI=1S/C20H23N3O3S/c1-2-21-11-13-22(14-12-21)20(24)15-23-18-9-5-3-7-16(18)17-8-4-6-10-19(17)27(23,25)26/h3-10H,2,11-15H2,1H3. The summed E-state index contributed by atoms with van der Waals surface area (Å²) in [6.07, 6.45) is 0. The fourth-order valence-corrected chi connectivity index (χ4v) is 5.43. The predicted molar refractivity (Wildman–Crippen MR) is 105 cm³/mol. The van der Waals surface area contributed by atoms with Gasteiger partial charge in [0.15, 0.2) is 0 Å². The smallest absolute Gasteiger partial charge is 0.265 e. The van der Waals surface area contributed by atoms with Crippen molar-refractivity contribution < 1.29 is 13.2 Å². The van der Waals surface area contributed by atoms with Gasteiger partial charge in [-0.05, 0) is 18.7 Å². The van der Waals surface area contributed by atoms with Crippen molar-refractivity contribution in [3.8, 4) is 11.1 Å². The van der Waals surface area contributed by atoms with Gasteiger partial charge in [-0.2, -0.15) is 0 Å². The molecule has 142 valence electrons. The van der Waals surface area contributed by atoms with Crippen molar-refractivity contribution in [1.29, 1.82) is 0 Å². The number of likely N-dealkylation sites (N-methyl/N-ethyl adjacent to an activating group) is 1. The van der Waals surface area contributed by atoms with E-state index in [1.807, 2.05) is 24.3 Å². The Morgan fingerprint density at radius 1 is 0.926 bits per heavy atom. The SMILES string of the molecule is CCN1CCN(C(=O)CN2c3ccccc3-c3ccccc3S2(=O)=O)CC1. The first-order chi connectivity index (χ1) is 13.0. The van der Waals surface area contributed by atoms with E-state index in [0.29, 0.717) is 24.3 Å². The molecule has 2 aliphatic heterocycles. The number of piperazine rings is 1. The molecule has 27 heavy (non-hydrogen) atoms. The number of hydrogen-bond donors (Lipinski definition) is 0. The summed E-state index contributed by atoms with van der Waals surface area (Å²) in [4.78, 5) is 17.2. The zero-order valence-electron chi connectivity index (χ0n) is 15.3. The number of para-hydroxylation sites is 1. The second kappa shape index (κ2) is 6.98. The lowest BCUT2D eigenvalue weighted by Gasteiger charge is -2.36. The molecule has 2 aromatic rings. The highest BCUT2D eigenvalue weighted by Crippen LogP contribution is 2.42. The number of nitrogens with zero attached hydrogens (tertiary/aromatic N) is 3. The van der Waals surface area contributed by atoms with Crippen LogP contribution < -0.4 is 4.31 Å². The van der Waals surface area contributed by atoms with E-state index in [1.54, 1.807) is 29.2 Å². The van der Waals surface area contributed by atoms with Gasteiger partial charge in [0.1, 0.15) is 6.54 Å². The molecule has 1 saturated heterocycles. The topological polar surface area (TPSA) is 60.9 Å². The number of amides is 1. The monoisotopic (exact) mass is 385 g/mol. The molecular weight excluding hydrogens is 362 g/mol. The molecule has 0 N–H and O–H groups in total. The highest BCUT2D eigenvalue weighted by Gasteiger charge is 2.36. The van der Waals surface area contributed by atoms with Crippen LogP contribution in [0.3, 0.4) is 0 Å². The van der Waals surface area contributed by atoms with Crippen molar-refractivity contribution in [2.24, 2.45) is 0 Å². The molecule has 0 saturated carbocycles. The van der Waals surface area contributed by atoms with Gasteiger partial charge in [0.2, 0.25) is 5.91 Å². The predicted octanol–water partition coefficient (Wildman–Crippen LogP) is 2.03. The molecule has 2 aliphatic rings. The number of carbonyl (C=O) groups is 1. The van der Waals surface area contributed by atoms with Gasteiger partial charge in [-0.15, -0.1) is 0 Å². The maximum atomic E-state index is 13.2. The third kappa shape index (κ3) is 3.11. The minimum atomic E-state index is -3.77. The molecule has 0 aromatic heterocycles. The van der Waals surface area contributed by atoms with E-state index < -0.39 is 10.0 Å². The lowest BCUT2D eigenvalue weighted by Crippen LogP contribution is -2.52. The number of carbonyl (C=O) groups excluding carboxylic acids is 1. The normalized spacial score (nSPS) is 18.7. The number of sulfonamides is 1. The van der Waals surface area contributed by atoms with Crippen LogP contribution in [0.25, 0.3) is 11.1 Å². The number of anilines is 1. The Bertz CT molecular complexity index is 966. The Hall–Kier alpha value is -2.38. The summed E-state index contributed by atoms with van der Waals surface area (Å²) >= 11 is 0. The van der Waals surface area contributed by atoms with Crippen LogP contribution in [0.5, 0.6) is 0 Å². The van der Waals surface area contributed by atoms with Crippen molar-refractivity contribution >= 4 is 21.6 Å². The van der Waals surface area contributed by atoms with Crippen molar-refractivity contribution in [3.63, 3.8) is 0 Å². The highest BCUT2D eigenvalue weighted by molar-refractivity contribution is 7.93. The molecule has 1 amide bonds. The first-order valence-electron chi connectivity index (χ1n) is 9.23. The molecule has 0 radical (unpaired) electrons. The van der Waals surface area contributed by atoms with Gasteiger partial charge in [-0.1, -0.05) is 43.3 Å². The third-order valence-corrected chi connectivity index (χ3v) is 7.19. The lowest BCUT2D eigenvalue weighted by molar-refractivity contribution is -0.131. The van der Waals surface area contributed by atoms with Crippen molar-refractivity contribution in [2.45, 2.75) is 11.8 Å². The molecule has 2 heterocycles. The summed E-state index contributed by atoms with van der Waals surface area (Å²) < 4.78 is 27.7. The number of benzene rings is 2. The van der Waals surface area contributed by atoms with Crippen LogP contribution in [-0.4, -0.2) is 63.4 Å². The Labute approximate surface area is 160 Å².